The third-order valence-electron chi connectivity index (χ3n) is 4.25. The summed E-state index contributed by atoms with van der Waals surface area (Å²) in [6, 6.07) is 1.00. The lowest BCUT2D eigenvalue weighted by atomic mass is 9.96. The van der Waals surface area contributed by atoms with Gasteiger partial charge in [0.15, 0.2) is 5.78 Å². The smallest absolute Gasteiger partial charge is 0.230 e. The molecule has 0 saturated carbocycles. The normalized spacial score (nSPS) is 35.9. The number of ketones is 1. The fourth-order valence-electron chi connectivity index (χ4n) is 3.42. The molecule has 0 radical (unpaired) electrons. The van der Waals surface area contributed by atoms with Crippen LogP contribution in [0.2, 0.25) is 0 Å². The molecule has 3 heterocycles. The van der Waals surface area contributed by atoms with Gasteiger partial charge in [0.2, 0.25) is 5.91 Å². The Kier molecular flexibility index (Phi) is 2.46. The van der Waals surface area contributed by atoms with Crippen molar-refractivity contribution >= 4 is 11.7 Å². The minimum absolute atomic E-state index is 0.0569. The van der Waals surface area contributed by atoms with E-state index in [9.17, 15) is 9.59 Å². The molecule has 0 aliphatic carbocycles. The maximum atomic E-state index is 11.7. The summed E-state index contributed by atoms with van der Waals surface area (Å²) in [5, 5.41) is 0. The Morgan fingerprint density at radius 1 is 1.06 bits per heavy atom. The van der Waals surface area contributed by atoms with Crippen molar-refractivity contribution in [3.8, 4) is 0 Å². The van der Waals surface area contributed by atoms with Crippen LogP contribution in [0, 0.1) is 0 Å². The van der Waals surface area contributed by atoms with E-state index in [0.717, 1.165) is 19.4 Å². The number of amides is 1. The molecule has 1 amide bonds. The Hall–Kier alpha value is -0.900. The zero-order valence-corrected chi connectivity index (χ0v) is 9.52. The van der Waals surface area contributed by atoms with Gasteiger partial charge < -0.3 is 9.80 Å². The molecule has 3 fully saturated rings. The van der Waals surface area contributed by atoms with Gasteiger partial charge >= 0.3 is 0 Å². The highest BCUT2D eigenvalue weighted by Crippen LogP contribution is 2.30. The second kappa shape index (κ2) is 3.84. The molecule has 3 aliphatic rings. The van der Waals surface area contributed by atoms with Crippen molar-refractivity contribution in [2.75, 3.05) is 19.6 Å². The maximum absolute atomic E-state index is 11.7. The number of carbonyl (C=O) groups excluding carboxylic acids is 2. The Labute approximate surface area is 95.6 Å². The van der Waals surface area contributed by atoms with Gasteiger partial charge in [-0.1, -0.05) is 0 Å². The van der Waals surface area contributed by atoms with Crippen molar-refractivity contribution in [2.24, 2.45) is 0 Å². The highest BCUT2D eigenvalue weighted by molar-refractivity contribution is 6.05. The molecule has 0 bridgehead atoms. The van der Waals surface area contributed by atoms with Crippen molar-refractivity contribution in [3.63, 3.8) is 0 Å². The second-order valence-corrected chi connectivity index (χ2v) is 5.25. The van der Waals surface area contributed by atoms with Crippen LogP contribution in [0.1, 0.15) is 32.1 Å². The third-order valence-corrected chi connectivity index (χ3v) is 4.25. The molecule has 16 heavy (non-hydrogen) atoms. The summed E-state index contributed by atoms with van der Waals surface area (Å²) >= 11 is 0. The molecule has 4 heteroatoms. The van der Waals surface area contributed by atoms with Crippen LogP contribution in [0.5, 0.6) is 0 Å². The van der Waals surface area contributed by atoms with Gasteiger partial charge in [-0.05, 0) is 32.2 Å². The average molecular weight is 222 g/mol. The number of piperidine rings is 1. The summed E-state index contributed by atoms with van der Waals surface area (Å²) in [4.78, 5) is 27.3. The van der Waals surface area contributed by atoms with Crippen molar-refractivity contribution in [1.29, 1.82) is 0 Å². The fraction of sp³-hybridized carbons (Fsp3) is 0.833. The summed E-state index contributed by atoms with van der Waals surface area (Å²) in [5.74, 6) is 0.153. The zero-order valence-electron chi connectivity index (χ0n) is 9.52. The van der Waals surface area contributed by atoms with Crippen molar-refractivity contribution in [2.45, 2.75) is 44.2 Å². The molecule has 0 aromatic carbocycles. The predicted octanol–water partition coefficient (Wildman–Crippen LogP) is 0.415. The van der Waals surface area contributed by atoms with Crippen molar-refractivity contribution in [3.05, 3.63) is 0 Å². The molecule has 88 valence electrons. The molecule has 0 spiro atoms. The first-order valence-corrected chi connectivity index (χ1v) is 6.29. The molecule has 4 nitrogen and oxygen atoms in total. The van der Waals surface area contributed by atoms with Gasteiger partial charge in [-0.15, -0.1) is 0 Å². The van der Waals surface area contributed by atoms with Gasteiger partial charge in [-0.2, -0.15) is 0 Å². The van der Waals surface area contributed by atoms with Crippen LogP contribution in [-0.2, 0) is 9.59 Å². The van der Waals surface area contributed by atoms with Crippen molar-refractivity contribution < 1.29 is 9.59 Å². The number of likely N-dealkylation sites (tertiary alicyclic amines) is 1. The van der Waals surface area contributed by atoms with E-state index < -0.39 is 0 Å². The van der Waals surface area contributed by atoms with E-state index >= 15 is 0 Å². The van der Waals surface area contributed by atoms with E-state index in [1.807, 2.05) is 4.90 Å². The predicted molar refractivity (Wildman–Crippen MR) is 59.0 cm³/mol. The first kappa shape index (κ1) is 10.3. The molecule has 0 aromatic heterocycles. The van der Waals surface area contributed by atoms with E-state index in [0.29, 0.717) is 18.6 Å². The van der Waals surface area contributed by atoms with Gasteiger partial charge in [-0.3, -0.25) is 9.59 Å². The number of Topliss-reactive ketones (excluding diaryl/α,β-unsaturated/α-hetero) is 1. The van der Waals surface area contributed by atoms with E-state index in [1.54, 1.807) is 0 Å². The van der Waals surface area contributed by atoms with Crippen LogP contribution in [-0.4, -0.2) is 53.2 Å². The molecule has 0 aromatic rings. The molecule has 2 unspecified atom stereocenters. The Balaban J connectivity index is 1.67. The Morgan fingerprint density at radius 2 is 1.94 bits per heavy atom. The number of fused-ring (bicyclic) bond motifs is 1. The Morgan fingerprint density at radius 3 is 2.69 bits per heavy atom. The minimum Gasteiger partial charge on any atom is -0.332 e. The van der Waals surface area contributed by atoms with Crippen LogP contribution >= 0.6 is 0 Å². The standard InChI is InChI=1S/C12H18N2O2/c15-11-7-12(16)14(8-11)10-3-5-13-4-1-2-9(13)6-10/h9-10H,1-8H2. The summed E-state index contributed by atoms with van der Waals surface area (Å²) in [5.41, 5.74) is 0. The molecular weight excluding hydrogens is 204 g/mol. The number of hydrogen-bond donors (Lipinski definition) is 0. The quantitative estimate of drug-likeness (QED) is 0.604. The minimum atomic E-state index is 0.0569. The molecule has 3 rings (SSSR count). The van der Waals surface area contributed by atoms with Gasteiger partial charge in [0, 0.05) is 18.6 Å². The fourth-order valence-corrected chi connectivity index (χ4v) is 3.42. The number of hydrogen-bond acceptors (Lipinski definition) is 3. The summed E-state index contributed by atoms with van der Waals surface area (Å²) in [7, 11) is 0. The molecule has 3 saturated heterocycles. The van der Waals surface area contributed by atoms with Gasteiger partial charge in [0.1, 0.15) is 0 Å². The molecule has 0 N–H and O–H groups in total. The van der Waals surface area contributed by atoms with Crippen LogP contribution in [0.15, 0.2) is 0 Å². The maximum Gasteiger partial charge on any atom is 0.230 e. The number of nitrogens with zero attached hydrogens (tertiary/aromatic N) is 2. The SMILES string of the molecule is O=C1CC(=O)N(C2CCN3CCCC3C2)C1. The highest BCUT2D eigenvalue weighted by Gasteiger charge is 2.39. The number of rotatable bonds is 1. The van der Waals surface area contributed by atoms with Crippen LogP contribution < -0.4 is 0 Å². The largest absolute Gasteiger partial charge is 0.332 e. The third kappa shape index (κ3) is 1.65. The molecular formula is C12H18N2O2. The summed E-state index contributed by atoms with van der Waals surface area (Å²) in [6.45, 7) is 2.70. The first-order valence-electron chi connectivity index (χ1n) is 6.29. The molecule has 2 atom stereocenters. The first-order chi connectivity index (χ1) is 7.74. The van der Waals surface area contributed by atoms with Gasteiger partial charge in [0.05, 0.1) is 13.0 Å². The lowest BCUT2D eigenvalue weighted by Gasteiger charge is -2.38. The second-order valence-electron chi connectivity index (χ2n) is 5.25. The van der Waals surface area contributed by atoms with E-state index in [1.165, 1.54) is 19.4 Å². The average Bonchev–Trinajstić information content (AvgIpc) is 2.83. The monoisotopic (exact) mass is 222 g/mol. The summed E-state index contributed by atoms with van der Waals surface area (Å²) < 4.78 is 0. The van der Waals surface area contributed by atoms with Crippen LogP contribution in [0.3, 0.4) is 0 Å². The highest BCUT2D eigenvalue weighted by atomic mass is 16.2. The van der Waals surface area contributed by atoms with Crippen LogP contribution in [0.25, 0.3) is 0 Å². The Bertz CT molecular complexity index is 329. The van der Waals surface area contributed by atoms with Crippen molar-refractivity contribution in [1.82, 2.24) is 9.80 Å². The van der Waals surface area contributed by atoms with E-state index in [4.69, 9.17) is 0 Å². The van der Waals surface area contributed by atoms with E-state index in [-0.39, 0.29) is 18.1 Å². The lowest BCUT2D eigenvalue weighted by Crippen LogP contribution is -2.48. The van der Waals surface area contributed by atoms with Crippen LogP contribution in [0.4, 0.5) is 0 Å². The van der Waals surface area contributed by atoms with E-state index in [2.05, 4.69) is 4.90 Å². The molecule has 3 aliphatic heterocycles. The number of carbonyl (C=O) groups is 2. The summed E-state index contributed by atoms with van der Waals surface area (Å²) in [6.07, 6.45) is 4.84. The lowest BCUT2D eigenvalue weighted by molar-refractivity contribution is -0.130. The topological polar surface area (TPSA) is 40.6 Å². The van der Waals surface area contributed by atoms with Gasteiger partial charge in [-0.25, -0.2) is 0 Å². The zero-order chi connectivity index (χ0) is 11.1. The van der Waals surface area contributed by atoms with Gasteiger partial charge in [0.25, 0.3) is 0 Å².